The van der Waals surface area contributed by atoms with E-state index in [-0.39, 0.29) is 0 Å². The summed E-state index contributed by atoms with van der Waals surface area (Å²) >= 11 is 0. The van der Waals surface area contributed by atoms with Gasteiger partial charge < -0.3 is 5.73 Å². The predicted molar refractivity (Wildman–Crippen MR) is 40.2 cm³/mol. The van der Waals surface area contributed by atoms with E-state index in [0.29, 0.717) is 13.0 Å². The van der Waals surface area contributed by atoms with Crippen molar-refractivity contribution in [1.82, 2.24) is 0 Å². The summed E-state index contributed by atoms with van der Waals surface area (Å²) in [5.74, 6) is 0. The minimum absolute atomic E-state index is 0.605. The summed E-state index contributed by atoms with van der Waals surface area (Å²) in [5, 5.41) is 0. The van der Waals surface area contributed by atoms with Crippen molar-refractivity contribution >= 4 is 0 Å². The second-order valence-electron chi connectivity index (χ2n) is 1.71. The molecule has 0 aromatic heterocycles. The maximum absolute atomic E-state index is 11.8. The van der Waals surface area contributed by atoms with E-state index < -0.39 is 6.17 Å². The molecule has 1 nitrogen and oxygen atoms in total. The molecular formula is C7H18FN. The lowest BCUT2D eigenvalue weighted by molar-refractivity contribution is 0.336. The summed E-state index contributed by atoms with van der Waals surface area (Å²) in [6.45, 7) is 6.16. The zero-order valence-corrected chi connectivity index (χ0v) is 6.65. The smallest absolute Gasteiger partial charge is 0.0974 e. The number of halogens is 1. The monoisotopic (exact) mass is 135 g/mol. The van der Waals surface area contributed by atoms with Gasteiger partial charge in [0, 0.05) is 0 Å². The van der Waals surface area contributed by atoms with Crippen LogP contribution in [0.15, 0.2) is 0 Å². The van der Waals surface area contributed by atoms with Gasteiger partial charge in [0.05, 0.1) is 6.17 Å². The van der Waals surface area contributed by atoms with Gasteiger partial charge in [-0.3, -0.25) is 0 Å². The van der Waals surface area contributed by atoms with Crippen LogP contribution in [0.25, 0.3) is 0 Å². The summed E-state index contributed by atoms with van der Waals surface area (Å²) < 4.78 is 11.8. The van der Waals surface area contributed by atoms with Crippen LogP contribution >= 0.6 is 0 Å². The van der Waals surface area contributed by atoms with Crippen molar-refractivity contribution in [1.29, 1.82) is 0 Å². The first-order valence-corrected chi connectivity index (χ1v) is 3.61. The third-order valence-corrected chi connectivity index (χ3v) is 0.806. The largest absolute Gasteiger partial charge is 0.330 e. The van der Waals surface area contributed by atoms with Gasteiger partial charge in [0.25, 0.3) is 0 Å². The van der Waals surface area contributed by atoms with Crippen molar-refractivity contribution in [3.05, 3.63) is 0 Å². The van der Waals surface area contributed by atoms with Crippen molar-refractivity contribution in [2.45, 2.75) is 39.8 Å². The van der Waals surface area contributed by atoms with Crippen molar-refractivity contribution in [2.75, 3.05) is 6.54 Å². The van der Waals surface area contributed by atoms with E-state index in [9.17, 15) is 4.39 Å². The molecule has 0 radical (unpaired) electrons. The van der Waals surface area contributed by atoms with Crippen LogP contribution in [0.4, 0.5) is 4.39 Å². The number of rotatable bonds is 3. The lowest BCUT2D eigenvalue weighted by Gasteiger charge is -1.95. The van der Waals surface area contributed by atoms with Gasteiger partial charge in [-0.15, -0.1) is 0 Å². The summed E-state index contributed by atoms with van der Waals surface area (Å²) in [4.78, 5) is 0. The Hall–Kier alpha value is -0.110. The molecule has 0 heterocycles. The van der Waals surface area contributed by atoms with Gasteiger partial charge in [-0.2, -0.15) is 0 Å². The van der Waals surface area contributed by atoms with E-state index >= 15 is 0 Å². The number of alkyl halides is 1. The predicted octanol–water partition coefficient (Wildman–Crippen LogP) is 2.11. The van der Waals surface area contributed by atoms with Crippen LogP contribution in [0.5, 0.6) is 0 Å². The molecule has 0 aromatic rings. The normalized spacial score (nSPS) is 11.7. The fourth-order valence-electron chi connectivity index (χ4n) is 0.399. The van der Waals surface area contributed by atoms with Gasteiger partial charge in [-0.1, -0.05) is 13.8 Å². The summed E-state index contributed by atoms with van der Waals surface area (Å²) in [6, 6.07) is 0. The van der Waals surface area contributed by atoms with Crippen molar-refractivity contribution in [2.24, 2.45) is 5.73 Å². The second kappa shape index (κ2) is 10.8. The molecule has 0 fully saturated rings. The topological polar surface area (TPSA) is 26.0 Å². The number of nitrogens with two attached hydrogens (primary N) is 1. The van der Waals surface area contributed by atoms with Crippen molar-refractivity contribution < 1.29 is 4.39 Å². The van der Waals surface area contributed by atoms with Gasteiger partial charge in [0.1, 0.15) is 0 Å². The molecule has 0 aliphatic carbocycles. The fraction of sp³-hybridized carbons (Fsp3) is 1.00. The zero-order chi connectivity index (χ0) is 7.70. The van der Waals surface area contributed by atoms with Crippen LogP contribution in [-0.4, -0.2) is 12.7 Å². The summed E-state index contributed by atoms with van der Waals surface area (Å²) in [7, 11) is 0. The third-order valence-electron chi connectivity index (χ3n) is 0.806. The highest BCUT2D eigenvalue weighted by Crippen LogP contribution is 1.97. The molecule has 58 valence electrons. The molecule has 0 aliphatic heterocycles. The highest BCUT2D eigenvalue weighted by atomic mass is 19.1. The molecule has 0 saturated heterocycles. The van der Waals surface area contributed by atoms with E-state index in [1.807, 2.05) is 13.8 Å². The summed E-state index contributed by atoms with van der Waals surface area (Å²) in [6.07, 6.45) is 0.734. The molecule has 0 rings (SSSR count). The maximum Gasteiger partial charge on any atom is 0.0974 e. The lowest BCUT2D eigenvalue weighted by atomic mass is 10.2. The standard InChI is InChI=1S/C5H12FN.C2H6/c1-5(6)3-2-4-7;1-2/h5H,2-4,7H2,1H3;1-2H3. The maximum atomic E-state index is 11.8. The molecule has 1 atom stereocenters. The van der Waals surface area contributed by atoms with Crippen LogP contribution in [0.1, 0.15) is 33.6 Å². The van der Waals surface area contributed by atoms with E-state index in [1.165, 1.54) is 0 Å². The van der Waals surface area contributed by atoms with Crippen LogP contribution < -0.4 is 5.73 Å². The zero-order valence-electron chi connectivity index (χ0n) is 6.65. The molecule has 2 N–H and O–H groups in total. The molecule has 0 bridgehead atoms. The molecule has 0 aromatic carbocycles. The summed E-state index contributed by atoms with van der Waals surface area (Å²) in [5.41, 5.74) is 5.11. The second-order valence-corrected chi connectivity index (χ2v) is 1.71. The van der Waals surface area contributed by atoms with Crippen LogP contribution in [0, 0.1) is 0 Å². The number of hydrogen-bond donors (Lipinski definition) is 1. The van der Waals surface area contributed by atoms with E-state index in [2.05, 4.69) is 0 Å². The van der Waals surface area contributed by atoms with E-state index in [4.69, 9.17) is 5.73 Å². The Morgan fingerprint density at radius 3 is 2.00 bits per heavy atom. The molecule has 2 heteroatoms. The Kier molecular flexibility index (Phi) is 14.0. The van der Waals surface area contributed by atoms with Crippen molar-refractivity contribution in [3.8, 4) is 0 Å². The minimum atomic E-state index is -0.677. The lowest BCUT2D eigenvalue weighted by Crippen LogP contribution is -2.01. The van der Waals surface area contributed by atoms with E-state index in [0.717, 1.165) is 6.42 Å². The fourth-order valence-corrected chi connectivity index (χ4v) is 0.399. The quantitative estimate of drug-likeness (QED) is 0.630. The first-order chi connectivity index (χ1) is 4.27. The highest BCUT2D eigenvalue weighted by Gasteiger charge is 1.93. The SMILES string of the molecule is CC.CC(F)CCCN. The Balaban J connectivity index is 0. The third kappa shape index (κ3) is 18.1. The first kappa shape index (κ1) is 11.7. The molecule has 0 spiro atoms. The van der Waals surface area contributed by atoms with Crippen LogP contribution in [0.2, 0.25) is 0 Å². The Labute approximate surface area is 57.4 Å². The average molecular weight is 135 g/mol. The molecule has 1 unspecified atom stereocenters. The van der Waals surface area contributed by atoms with Gasteiger partial charge in [0.2, 0.25) is 0 Å². The minimum Gasteiger partial charge on any atom is -0.330 e. The number of hydrogen-bond acceptors (Lipinski definition) is 1. The highest BCUT2D eigenvalue weighted by molar-refractivity contribution is 4.46. The van der Waals surface area contributed by atoms with E-state index in [1.54, 1.807) is 6.92 Å². The average Bonchev–Trinajstić information content (AvgIpc) is 1.88. The molecule has 0 aliphatic rings. The van der Waals surface area contributed by atoms with Crippen LogP contribution in [0.3, 0.4) is 0 Å². The van der Waals surface area contributed by atoms with Gasteiger partial charge in [-0.25, -0.2) is 4.39 Å². The Bertz CT molecular complexity index is 37.9. The Morgan fingerprint density at radius 1 is 1.44 bits per heavy atom. The van der Waals surface area contributed by atoms with Crippen LogP contribution in [-0.2, 0) is 0 Å². The molecule has 0 saturated carbocycles. The molecule has 0 amide bonds. The van der Waals surface area contributed by atoms with Gasteiger partial charge in [-0.05, 0) is 26.3 Å². The first-order valence-electron chi connectivity index (χ1n) is 3.61. The van der Waals surface area contributed by atoms with Crippen molar-refractivity contribution in [3.63, 3.8) is 0 Å². The molecular weight excluding hydrogens is 117 g/mol. The van der Waals surface area contributed by atoms with Gasteiger partial charge in [0.15, 0.2) is 0 Å². The molecule has 9 heavy (non-hydrogen) atoms. The van der Waals surface area contributed by atoms with Gasteiger partial charge >= 0.3 is 0 Å². The Morgan fingerprint density at radius 2 is 1.89 bits per heavy atom.